The van der Waals surface area contributed by atoms with Gasteiger partial charge in [-0.1, -0.05) is 23.2 Å². The second kappa shape index (κ2) is 5.26. The van der Waals surface area contributed by atoms with Crippen molar-refractivity contribution in [2.45, 2.75) is 0 Å². The van der Waals surface area contributed by atoms with Crippen molar-refractivity contribution in [1.29, 1.82) is 5.26 Å². The first-order valence-corrected chi connectivity index (χ1v) is 5.77. The number of hydrogen-bond acceptors (Lipinski definition) is 2. The first-order valence-electron chi connectivity index (χ1n) is 5.02. The fourth-order valence-corrected chi connectivity index (χ4v) is 1.78. The Labute approximate surface area is 114 Å². The Hall–Kier alpha value is -1.76. The number of benzene rings is 2. The third kappa shape index (κ3) is 2.73. The van der Waals surface area contributed by atoms with Gasteiger partial charge in [-0.2, -0.15) is 5.26 Å². The standard InChI is InChI=1S/C13H7Cl2FN2/c14-9-1-3-12(8(5-9)7-17)18-13-4-2-10(15)6-11(13)16/h1-6,18H. The molecule has 90 valence electrons. The summed E-state index contributed by atoms with van der Waals surface area (Å²) in [7, 11) is 0. The van der Waals surface area contributed by atoms with E-state index in [2.05, 4.69) is 5.32 Å². The predicted molar refractivity (Wildman–Crippen MR) is 70.9 cm³/mol. The van der Waals surface area contributed by atoms with Gasteiger partial charge in [0.05, 0.1) is 16.9 Å². The van der Waals surface area contributed by atoms with Gasteiger partial charge in [0.2, 0.25) is 0 Å². The molecular formula is C13H7Cl2FN2. The van der Waals surface area contributed by atoms with E-state index in [0.717, 1.165) is 0 Å². The highest BCUT2D eigenvalue weighted by molar-refractivity contribution is 6.31. The summed E-state index contributed by atoms with van der Waals surface area (Å²) in [5.41, 5.74) is 1.08. The Morgan fingerprint density at radius 2 is 1.61 bits per heavy atom. The number of nitrogens with one attached hydrogen (secondary N) is 1. The molecule has 0 aliphatic rings. The van der Waals surface area contributed by atoms with Crippen LogP contribution in [0.1, 0.15) is 5.56 Å². The average molecular weight is 281 g/mol. The molecule has 0 saturated heterocycles. The van der Waals surface area contributed by atoms with Gasteiger partial charge in [0, 0.05) is 10.0 Å². The molecule has 0 aromatic heterocycles. The Morgan fingerprint density at radius 3 is 2.22 bits per heavy atom. The molecule has 0 aliphatic heterocycles. The summed E-state index contributed by atoms with van der Waals surface area (Å²) in [6.45, 7) is 0. The first-order chi connectivity index (χ1) is 8.60. The lowest BCUT2D eigenvalue weighted by molar-refractivity contribution is 0.632. The lowest BCUT2D eigenvalue weighted by Gasteiger charge is -2.09. The van der Waals surface area contributed by atoms with Gasteiger partial charge in [0.1, 0.15) is 11.9 Å². The second-order valence-electron chi connectivity index (χ2n) is 3.55. The van der Waals surface area contributed by atoms with Crippen LogP contribution in [0.25, 0.3) is 0 Å². The van der Waals surface area contributed by atoms with Crippen molar-refractivity contribution in [2.75, 3.05) is 5.32 Å². The molecule has 0 atom stereocenters. The average Bonchev–Trinajstić information content (AvgIpc) is 2.34. The fourth-order valence-electron chi connectivity index (χ4n) is 1.45. The molecule has 0 spiro atoms. The van der Waals surface area contributed by atoms with Crippen LogP contribution in [0.15, 0.2) is 36.4 Å². The van der Waals surface area contributed by atoms with Gasteiger partial charge in [-0.15, -0.1) is 0 Å². The third-order valence-electron chi connectivity index (χ3n) is 2.30. The number of rotatable bonds is 2. The number of anilines is 2. The van der Waals surface area contributed by atoms with E-state index in [4.69, 9.17) is 28.5 Å². The van der Waals surface area contributed by atoms with Gasteiger partial charge in [-0.25, -0.2) is 4.39 Å². The lowest BCUT2D eigenvalue weighted by Crippen LogP contribution is -1.96. The molecule has 0 saturated carbocycles. The van der Waals surface area contributed by atoms with Gasteiger partial charge < -0.3 is 5.32 Å². The summed E-state index contributed by atoms with van der Waals surface area (Å²) in [6, 6.07) is 11.0. The molecule has 18 heavy (non-hydrogen) atoms. The monoisotopic (exact) mass is 280 g/mol. The maximum Gasteiger partial charge on any atom is 0.148 e. The van der Waals surface area contributed by atoms with E-state index in [9.17, 15) is 4.39 Å². The zero-order valence-corrected chi connectivity index (χ0v) is 10.6. The number of nitriles is 1. The van der Waals surface area contributed by atoms with E-state index in [1.807, 2.05) is 6.07 Å². The minimum absolute atomic E-state index is 0.248. The van der Waals surface area contributed by atoms with Crippen LogP contribution >= 0.6 is 23.2 Å². The summed E-state index contributed by atoms with van der Waals surface area (Å²) in [4.78, 5) is 0. The van der Waals surface area contributed by atoms with Crippen LogP contribution in [0.4, 0.5) is 15.8 Å². The van der Waals surface area contributed by atoms with E-state index in [0.29, 0.717) is 21.3 Å². The van der Waals surface area contributed by atoms with Crippen LogP contribution in [0, 0.1) is 17.1 Å². The first kappa shape index (κ1) is 12.7. The topological polar surface area (TPSA) is 35.8 Å². The smallest absolute Gasteiger partial charge is 0.148 e. The molecule has 0 fully saturated rings. The van der Waals surface area contributed by atoms with E-state index in [1.165, 1.54) is 18.2 Å². The highest BCUT2D eigenvalue weighted by Crippen LogP contribution is 2.26. The van der Waals surface area contributed by atoms with Crippen LogP contribution < -0.4 is 5.32 Å². The van der Waals surface area contributed by atoms with Crippen LogP contribution in [0.2, 0.25) is 10.0 Å². The molecule has 2 aromatic rings. The lowest BCUT2D eigenvalue weighted by atomic mass is 10.2. The minimum Gasteiger partial charge on any atom is -0.352 e. The van der Waals surface area contributed by atoms with Crippen LogP contribution in [0.3, 0.4) is 0 Å². The van der Waals surface area contributed by atoms with Crippen molar-refractivity contribution >= 4 is 34.6 Å². The Kier molecular flexibility index (Phi) is 3.71. The summed E-state index contributed by atoms with van der Waals surface area (Å²) in [5.74, 6) is -0.485. The van der Waals surface area contributed by atoms with E-state index in [1.54, 1.807) is 18.2 Å². The van der Waals surface area contributed by atoms with E-state index in [-0.39, 0.29) is 5.69 Å². The zero-order valence-electron chi connectivity index (χ0n) is 9.05. The summed E-state index contributed by atoms with van der Waals surface area (Å²) >= 11 is 11.4. The van der Waals surface area contributed by atoms with Gasteiger partial charge in [0.25, 0.3) is 0 Å². The van der Waals surface area contributed by atoms with Crippen LogP contribution in [0.5, 0.6) is 0 Å². The van der Waals surface area contributed by atoms with E-state index >= 15 is 0 Å². The van der Waals surface area contributed by atoms with Crippen molar-refractivity contribution in [3.8, 4) is 6.07 Å². The van der Waals surface area contributed by atoms with Crippen molar-refractivity contribution < 1.29 is 4.39 Å². The SMILES string of the molecule is N#Cc1cc(Cl)ccc1Nc1ccc(Cl)cc1F. The maximum atomic E-state index is 13.6. The molecule has 0 unspecified atom stereocenters. The van der Waals surface area contributed by atoms with Gasteiger partial charge in [-0.3, -0.25) is 0 Å². The molecule has 0 amide bonds. The Balaban J connectivity index is 2.37. The highest BCUT2D eigenvalue weighted by Gasteiger charge is 2.07. The van der Waals surface area contributed by atoms with Crippen LogP contribution in [-0.4, -0.2) is 0 Å². The van der Waals surface area contributed by atoms with Gasteiger partial charge in [0.15, 0.2) is 0 Å². The number of hydrogen-bond donors (Lipinski definition) is 1. The van der Waals surface area contributed by atoms with Crippen molar-refractivity contribution in [1.82, 2.24) is 0 Å². The van der Waals surface area contributed by atoms with Gasteiger partial charge in [-0.05, 0) is 36.4 Å². The normalized spacial score (nSPS) is 9.89. The molecule has 0 aliphatic carbocycles. The Bertz CT molecular complexity index is 635. The zero-order chi connectivity index (χ0) is 13.1. The second-order valence-corrected chi connectivity index (χ2v) is 4.42. The molecule has 1 N–H and O–H groups in total. The van der Waals surface area contributed by atoms with Crippen molar-refractivity contribution in [3.63, 3.8) is 0 Å². The van der Waals surface area contributed by atoms with Gasteiger partial charge >= 0.3 is 0 Å². The number of nitrogens with zero attached hydrogens (tertiary/aromatic N) is 1. The molecule has 0 bridgehead atoms. The highest BCUT2D eigenvalue weighted by atomic mass is 35.5. The largest absolute Gasteiger partial charge is 0.352 e. The molecule has 2 aromatic carbocycles. The van der Waals surface area contributed by atoms with E-state index < -0.39 is 5.82 Å². The Morgan fingerprint density at radius 1 is 1.00 bits per heavy atom. The summed E-state index contributed by atoms with van der Waals surface area (Å²) in [6.07, 6.45) is 0. The maximum absolute atomic E-state index is 13.6. The fraction of sp³-hybridized carbons (Fsp3) is 0. The predicted octanol–water partition coefficient (Wildman–Crippen LogP) is 4.75. The number of halogens is 3. The van der Waals surface area contributed by atoms with Crippen molar-refractivity contribution in [2.24, 2.45) is 0 Å². The summed E-state index contributed by atoms with van der Waals surface area (Å²) < 4.78 is 13.6. The molecule has 5 heteroatoms. The van der Waals surface area contributed by atoms with Crippen molar-refractivity contribution in [3.05, 3.63) is 57.8 Å². The minimum atomic E-state index is -0.485. The summed E-state index contributed by atoms with van der Waals surface area (Å²) in [5, 5.41) is 12.6. The quantitative estimate of drug-likeness (QED) is 0.862. The molecule has 0 radical (unpaired) electrons. The molecule has 2 rings (SSSR count). The molecular weight excluding hydrogens is 274 g/mol. The molecule has 0 heterocycles. The van der Waals surface area contributed by atoms with Crippen LogP contribution in [-0.2, 0) is 0 Å². The third-order valence-corrected chi connectivity index (χ3v) is 2.77. The molecule has 2 nitrogen and oxygen atoms in total.